The van der Waals surface area contributed by atoms with Gasteiger partial charge in [0.2, 0.25) is 10.0 Å². The zero-order chi connectivity index (χ0) is 17.9. The molecule has 8 heteroatoms. The standard InChI is InChI=1S/C16H15ClFNO4S/c1-19(2)24(21,22)12-8-6-11(7-9-12)16(20)23-10-13-14(17)4-3-5-15(13)18/h3-9H,10H2,1-2H3. The van der Waals surface area contributed by atoms with E-state index in [1.807, 2.05) is 0 Å². The average Bonchev–Trinajstić information content (AvgIpc) is 2.54. The van der Waals surface area contributed by atoms with Gasteiger partial charge in [0.1, 0.15) is 12.4 Å². The number of benzene rings is 2. The maximum Gasteiger partial charge on any atom is 0.338 e. The number of halogens is 2. The zero-order valence-electron chi connectivity index (χ0n) is 13.0. The molecule has 0 saturated carbocycles. The Labute approximate surface area is 144 Å². The maximum atomic E-state index is 13.6. The molecule has 24 heavy (non-hydrogen) atoms. The quantitative estimate of drug-likeness (QED) is 0.758. The third-order valence-corrected chi connectivity index (χ3v) is 5.46. The second kappa shape index (κ2) is 7.29. The summed E-state index contributed by atoms with van der Waals surface area (Å²) in [5, 5.41) is 0.162. The topological polar surface area (TPSA) is 63.7 Å². The van der Waals surface area contributed by atoms with Crippen molar-refractivity contribution in [2.24, 2.45) is 0 Å². The highest BCUT2D eigenvalue weighted by Gasteiger charge is 2.18. The van der Waals surface area contributed by atoms with E-state index in [1.165, 1.54) is 56.6 Å². The number of nitrogens with zero attached hydrogens (tertiary/aromatic N) is 1. The van der Waals surface area contributed by atoms with Crippen molar-refractivity contribution >= 4 is 27.6 Å². The first kappa shape index (κ1) is 18.4. The van der Waals surface area contributed by atoms with Crippen molar-refractivity contribution < 1.29 is 22.3 Å². The summed E-state index contributed by atoms with van der Waals surface area (Å²) in [7, 11) is -0.747. The van der Waals surface area contributed by atoms with Crippen LogP contribution in [-0.2, 0) is 21.4 Å². The van der Waals surface area contributed by atoms with Crippen LogP contribution in [0, 0.1) is 5.82 Å². The number of carbonyl (C=O) groups excluding carboxylic acids is 1. The normalized spacial score (nSPS) is 11.5. The monoisotopic (exact) mass is 371 g/mol. The third-order valence-electron chi connectivity index (χ3n) is 3.28. The van der Waals surface area contributed by atoms with Gasteiger partial charge in [-0.2, -0.15) is 0 Å². The minimum absolute atomic E-state index is 0.0567. The molecule has 0 heterocycles. The predicted octanol–water partition coefficient (Wildman–Crippen LogP) is 3.09. The number of rotatable bonds is 5. The second-order valence-electron chi connectivity index (χ2n) is 5.09. The summed E-state index contributed by atoms with van der Waals surface area (Å²) in [5.74, 6) is -1.27. The lowest BCUT2D eigenvalue weighted by molar-refractivity contribution is 0.0469. The molecule has 0 aromatic heterocycles. The van der Waals surface area contributed by atoms with Gasteiger partial charge in [-0.1, -0.05) is 17.7 Å². The predicted molar refractivity (Wildman–Crippen MR) is 87.8 cm³/mol. The summed E-state index contributed by atoms with van der Waals surface area (Å²) in [6.45, 7) is -0.317. The second-order valence-corrected chi connectivity index (χ2v) is 7.65. The molecular formula is C16H15ClFNO4S. The highest BCUT2D eigenvalue weighted by atomic mass is 35.5. The van der Waals surface area contributed by atoms with E-state index < -0.39 is 21.8 Å². The fourth-order valence-corrected chi connectivity index (χ4v) is 2.98. The highest BCUT2D eigenvalue weighted by Crippen LogP contribution is 2.20. The average molecular weight is 372 g/mol. The molecule has 0 aliphatic rings. The van der Waals surface area contributed by atoms with Gasteiger partial charge in [-0.25, -0.2) is 21.9 Å². The molecule has 2 rings (SSSR count). The maximum absolute atomic E-state index is 13.6. The number of carbonyl (C=O) groups is 1. The number of hydrogen-bond acceptors (Lipinski definition) is 4. The van der Waals surface area contributed by atoms with E-state index in [9.17, 15) is 17.6 Å². The van der Waals surface area contributed by atoms with Gasteiger partial charge in [0.25, 0.3) is 0 Å². The van der Waals surface area contributed by atoms with Crippen LogP contribution in [0.4, 0.5) is 4.39 Å². The lowest BCUT2D eigenvalue weighted by Gasteiger charge is -2.11. The first-order valence-electron chi connectivity index (χ1n) is 6.86. The molecule has 0 amide bonds. The van der Waals surface area contributed by atoms with Crippen LogP contribution in [0.1, 0.15) is 15.9 Å². The SMILES string of the molecule is CN(C)S(=O)(=O)c1ccc(C(=O)OCc2c(F)cccc2Cl)cc1. The molecule has 0 radical (unpaired) electrons. The molecule has 2 aromatic rings. The molecule has 0 N–H and O–H groups in total. The van der Waals surface area contributed by atoms with Gasteiger partial charge in [0.05, 0.1) is 15.5 Å². The summed E-state index contributed by atoms with van der Waals surface area (Å²) in [5.41, 5.74) is 0.236. The van der Waals surface area contributed by atoms with Crippen molar-refractivity contribution in [2.45, 2.75) is 11.5 Å². The van der Waals surface area contributed by atoms with Crippen LogP contribution in [-0.4, -0.2) is 32.8 Å². The van der Waals surface area contributed by atoms with Gasteiger partial charge < -0.3 is 4.74 Å². The first-order chi connectivity index (χ1) is 11.2. The molecule has 128 valence electrons. The number of sulfonamides is 1. The minimum atomic E-state index is -3.57. The van der Waals surface area contributed by atoms with E-state index in [-0.39, 0.29) is 27.7 Å². The molecule has 0 spiro atoms. The lowest BCUT2D eigenvalue weighted by atomic mass is 10.2. The van der Waals surface area contributed by atoms with Crippen LogP contribution < -0.4 is 0 Å². The van der Waals surface area contributed by atoms with E-state index in [0.29, 0.717) is 0 Å². The third kappa shape index (κ3) is 3.92. The van der Waals surface area contributed by atoms with Crippen LogP contribution >= 0.6 is 11.6 Å². The van der Waals surface area contributed by atoms with Crippen LogP contribution in [0.15, 0.2) is 47.4 Å². The smallest absolute Gasteiger partial charge is 0.338 e. The van der Waals surface area contributed by atoms with Gasteiger partial charge >= 0.3 is 5.97 Å². The molecule has 5 nitrogen and oxygen atoms in total. The number of esters is 1. The van der Waals surface area contributed by atoms with Gasteiger partial charge in [-0.05, 0) is 36.4 Å². The van der Waals surface area contributed by atoms with E-state index in [2.05, 4.69) is 0 Å². The van der Waals surface area contributed by atoms with Gasteiger partial charge in [0, 0.05) is 19.7 Å². The molecule has 0 saturated heterocycles. The number of ether oxygens (including phenoxy) is 1. The first-order valence-corrected chi connectivity index (χ1v) is 8.68. The van der Waals surface area contributed by atoms with Crippen LogP contribution in [0.2, 0.25) is 5.02 Å². The fourth-order valence-electron chi connectivity index (χ4n) is 1.87. The van der Waals surface area contributed by atoms with E-state index in [4.69, 9.17) is 16.3 Å². The van der Waals surface area contributed by atoms with Crippen LogP contribution in [0.3, 0.4) is 0 Å². The van der Waals surface area contributed by atoms with Crippen molar-refractivity contribution in [1.82, 2.24) is 4.31 Å². The minimum Gasteiger partial charge on any atom is -0.457 e. The Kier molecular flexibility index (Phi) is 5.58. The molecule has 0 atom stereocenters. The van der Waals surface area contributed by atoms with E-state index in [1.54, 1.807) is 0 Å². The van der Waals surface area contributed by atoms with Crippen molar-refractivity contribution in [3.8, 4) is 0 Å². The van der Waals surface area contributed by atoms with Crippen molar-refractivity contribution in [1.29, 1.82) is 0 Å². The van der Waals surface area contributed by atoms with Gasteiger partial charge in [-0.3, -0.25) is 0 Å². The lowest BCUT2D eigenvalue weighted by Crippen LogP contribution is -2.22. The molecule has 0 aliphatic heterocycles. The summed E-state index contributed by atoms with van der Waals surface area (Å²) in [4.78, 5) is 12.0. The highest BCUT2D eigenvalue weighted by molar-refractivity contribution is 7.89. The molecule has 0 bridgehead atoms. The molecule has 0 aliphatic carbocycles. The van der Waals surface area contributed by atoms with Crippen LogP contribution in [0.5, 0.6) is 0 Å². The molecule has 2 aromatic carbocycles. The molecular weight excluding hydrogens is 357 g/mol. The summed E-state index contributed by atoms with van der Waals surface area (Å²) < 4.78 is 43.6. The van der Waals surface area contributed by atoms with Crippen molar-refractivity contribution in [3.63, 3.8) is 0 Å². The molecule has 0 fully saturated rings. The zero-order valence-corrected chi connectivity index (χ0v) is 14.6. The Bertz CT molecular complexity index is 831. The summed E-state index contributed by atoms with van der Waals surface area (Å²) >= 11 is 5.86. The summed E-state index contributed by atoms with van der Waals surface area (Å²) in [6.07, 6.45) is 0. The Balaban J connectivity index is 2.11. The van der Waals surface area contributed by atoms with E-state index >= 15 is 0 Å². The number of hydrogen-bond donors (Lipinski definition) is 0. The molecule has 0 unspecified atom stereocenters. The van der Waals surface area contributed by atoms with Crippen molar-refractivity contribution in [2.75, 3.05) is 14.1 Å². The Hall–Kier alpha value is -1.96. The largest absolute Gasteiger partial charge is 0.457 e. The Morgan fingerprint density at radius 3 is 2.33 bits per heavy atom. The van der Waals surface area contributed by atoms with Gasteiger partial charge in [-0.15, -0.1) is 0 Å². The summed E-state index contributed by atoms with van der Waals surface area (Å²) in [6, 6.07) is 9.45. The van der Waals surface area contributed by atoms with Crippen LogP contribution in [0.25, 0.3) is 0 Å². The van der Waals surface area contributed by atoms with Crippen molar-refractivity contribution in [3.05, 3.63) is 64.4 Å². The fraction of sp³-hybridized carbons (Fsp3) is 0.188. The van der Waals surface area contributed by atoms with Gasteiger partial charge in [0.15, 0.2) is 0 Å². The van der Waals surface area contributed by atoms with E-state index in [0.717, 1.165) is 4.31 Å². The Morgan fingerprint density at radius 1 is 1.17 bits per heavy atom. The Morgan fingerprint density at radius 2 is 1.79 bits per heavy atom.